The minimum atomic E-state index is -0.108. The second-order valence-corrected chi connectivity index (χ2v) is 3.87. The number of benzene rings is 1. The standard InChI is InChI=1S/C10H6INO2/c1-6(14)9-2-7(4-12)8(5-13)3-10(9)11/h2-3,5H,1H3. The molecule has 0 aliphatic heterocycles. The van der Waals surface area contributed by atoms with Crippen molar-refractivity contribution in [3.05, 3.63) is 32.4 Å². The van der Waals surface area contributed by atoms with Crippen LogP contribution >= 0.6 is 22.6 Å². The van der Waals surface area contributed by atoms with Gasteiger partial charge in [0.2, 0.25) is 0 Å². The Labute approximate surface area is 94.9 Å². The fourth-order valence-electron chi connectivity index (χ4n) is 1.05. The maximum absolute atomic E-state index is 11.1. The second-order valence-electron chi connectivity index (χ2n) is 2.71. The van der Waals surface area contributed by atoms with Crippen molar-refractivity contribution in [1.29, 1.82) is 5.26 Å². The molecule has 0 radical (unpaired) electrons. The van der Waals surface area contributed by atoms with Gasteiger partial charge in [0.1, 0.15) is 0 Å². The Hall–Kier alpha value is -1.22. The van der Waals surface area contributed by atoms with Crippen LogP contribution in [0.4, 0.5) is 0 Å². The zero-order chi connectivity index (χ0) is 10.7. The van der Waals surface area contributed by atoms with Crippen LogP contribution in [0.2, 0.25) is 0 Å². The fraction of sp³-hybridized carbons (Fsp3) is 0.100. The highest BCUT2D eigenvalue weighted by Gasteiger charge is 2.10. The number of hydrogen-bond acceptors (Lipinski definition) is 3. The van der Waals surface area contributed by atoms with Crippen LogP contribution in [-0.2, 0) is 0 Å². The number of carbonyl (C=O) groups is 2. The van der Waals surface area contributed by atoms with Gasteiger partial charge in [-0.05, 0) is 41.6 Å². The van der Waals surface area contributed by atoms with Crippen molar-refractivity contribution >= 4 is 34.7 Å². The van der Waals surface area contributed by atoms with Crippen molar-refractivity contribution < 1.29 is 9.59 Å². The van der Waals surface area contributed by atoms with Gasteiger partial charge in [-0.2, -0.15) is 5.26 Å². The summed E-state index contributed by atoms with van der Waals surface area (Å²) >= 11 is 1.97. The van der Waals surface area contributed by atoms with Gasteiger partial charge in [-0.3, -0.25) is 9.59 Å². The molecule has 0 N–H and O–H groups in total. The lowest BCUT2D eigenvalue weighted by atomic mass is 10.0. The fourth-order valence-corrected chi connectivity index (χ4v) is 1.92. The highest BCUT2D eigenvalue weighted by atomic mass is 127. The predicted octanol–water partition coefficient (Wildman–Crippen LogP) is 2.18. The Morgan fingerprint density at radius 2 is 2.21 bits per heavy atom. The molecule has 0 unspecified atom stereocenters. The lowest BCUT2D eigenvalue weighted by Crippen LogP contribution is -2.00. The summed E-state index contributed by atoms with van der Waals surface area (Å²) in [6.07, 6.45) is 0.616. The average Bonchev–Trinajstić information content (AvgIpc) is 2.16. The van der Waals surface area contributed by atoms with Gasteiger partial charge in [0.05, 0.1) is 11.6 Å². The van der Waals surface area contributed by atoms with E-state index in [9.17, 15) is 9.59 Å². The number of nitrogens with zero attached hydrogens (tertiary/aromatic N) is 1. The molecule has 1 rings (SSSR count). The number of hydrogen-bond donors (Lipinski definition) is 0. The van der Waals surface area contributed by atoms with Crippen molar-refractivity contribution in [2.24, 2.45) is 0 Å². The summed E-state index contributed by atoms with van der Waals surface area (Å²) in [6, 6.07) is 4.88. The van der Waals surface area contributed by atoms with E-state index in [-0.39, 0.29) is 11.3 Å². The molecule has 0 aliphatic rings. The molecule has 0 atom stereocenters. The Morgan fingerprint density at radius 1 is 1.57 bits per heavy atom. The van der Waals surface area contributed by atoms with Gasteiger partial charge >= 0.3 is 0 Å². The first kappa shape index (κ1) is 10.9. The van der Waals surface area contributed by atoms with Crippen LogP contribution in [0.3, 0.4) is 0 Å². The summed E-state index contributed by atoms with van der Waals surface area (Å²) in [6.45, 7) is 1.43. The maximum atomic E-state index is 11.1. The highest BCUT2D eigenvalue weighted by Crippen LogP contribution is 2.18. The van der Waals surface area contributed by atoms with Crippen molar-refractivity contribution in [3.8, 4) is 6.07 Å². The molecule has 70 valence electrons. The molecule has 0 bridgehead atoms. The van der Waals surface area contributed by atoms with E-state index in [1.807, 2.05) is 28.7 Å². The SMILES string of the molecule is CC(=O)c1cc(C#N)c(C=O)cc1I. The van der Waals surface area contributed by atoms with E-state index in [4.69, 9.17) is 5.26 Å². The van der Waals surface area contributed by atoms with Crippen LogP contribution in [0.15, 0.2) is 12.1 Å². The Bertz CT molecular complexity index is 446. The maximum Gasteiger partial charge on any atom is 0.160 e. The summed E-state index contributed by atoms with van der Waals surface area (Å²) in [5.74, 6) is -0.108. The summed E-state index contributed by atoms with van der Waals surface area (Å²) < 4.78 is 0.691. The molecule has 4 heteroatoms. The van der Waals surface area contributed by atoms with Crippen LogP contribution in [0.5, 0.6) is 0 Å². The molecule has 0 heterocycles. The van der Waals surface area contributed by atoms with Gasteiger partial charge in [-0.1, -0.05) is 0 Å². The quantitative estimate of drug-likeness (QED) is 0.478. The summed E-state index contributed by atoms with van der Waals surface area (Å²) in [4.78, 5) is 21.7. The van der Waals surface area contributed by atoms with Crippen LogP contribution in [0, 0.1) is 14.9 Å². The third kappa shape index (κ3) is 1.99. The molecule has 3 nitrogen and oxygen atoms in total. The lowest BCUT2D eigenvalue weighted by Gasteiger charge is -2.02. The number of rotatable bonds is 2. The van der Waals surface area contributed by atoms with Gasteiger partial charge in [-0.25, -0.2) is 0 Å². The monoisotopic (exact) mass is 299 g/mol. The van der Waals surface area contributed by atoms with Gasteiger partial charge in [0, 0.05) is 14.7 Å². The molecule has 1 aromatic rings. The normalized spacial score (nSPS) is 9.21. The van der Waals surface area contributed by atoms with Crippen molar-refractivity contribution in [2.45, 2.75) is 6.92 Å². The smallest absolute Gasteiger partial charge is 0.160 e. The van der Waals surface area contributed by atoms with Crippen molar-refractivity contribution in [1.82, 2.24) is 0 Å². The molecule has 0 spiro atoms. The number of nitriles is 1. The van der Waals surface area contributed by atoms with Gasteiger partial charge < -0.3 is 0 Å². The Morgan fingerprint density at radius 3 is 2.64 bits per heavy atom. The number of halogens is 1. The van der Waals surface area contributed by atoms with Gasteiger partial charge in [0.25, 0.3) is 0 Å². The molecule has 0 aromatic heterocycles. The molecule has 1 aromatic carbocycles. The third-order valence-corrected chi connectivity index (χ3v) is 2.66. The van der Waals surface area contributed by atoms with Gasteiger partial charge in [-0.15, -0.1) is 0 Å². The lowest BCUT2D eigenvalue weighted by molar-refractivity contribution is 0.101. The number of carbonyl (C=O) groups excluding carboxylic acids is 2. The molecular formula is C10H6INO2. The average molecular weight is 299 g/mol. The highest BCUT2D eigenvalue weighted by molar-refractivity contribution is 14.1. The third-order valence-electron chi connectivity index (χ3n) is 1.77. The van der Waals surface area contributed by atoms with Crippen LogP contribution in [0.25, 0.3) is 0 Å². The predicted molar refractivity (Wildman–Crippen MR) is 59.3 cm³/mol. The van der Waals surface area contributed by atoms with Crippen molar-refractivity contribution in [2.75, 3.05) is 0 Å². The summed E-state index contributed by atoms with van der Waals surface area (Å²) in [7, 11) is 0. The van der Waals surface area contributed by atoms with Crippen LogP contribution < -0.4 is 0 Å². The zero-order valence-corrected chi connectivity index (χ0v) is 9.53. The van der Waals surface area contributed by atoms with E-state index in [0.29, 0.717) is 21.0 Å². The van der Waals surface area contributed by atoms with Gasteiger partial charge in [0.15, 0.2) is 12.1 Å². The number of ketones is 1. The molecule has 0 saturated carbocycles. The summed E-state index contributed by atoms with van der Waals surface area (Å²) in [5.41, 5.74) is 1.04. The number of aldehydes is 1. The van der Waals surface area contributed by atoms with E-state index in [0.717, 1.165) is 0 Å². The van der Waals surface area contributed by atoms with E-state index < -0.39 is 0 Å². The first-order valence-electron chi connectivity index (χ1n) is 3.80. The minimum Gasteiger partial charge on any atom is -0.298 e. The van der Waals surface area contributed by atoms with E-state index in [1.165, 1.54) is 13.0 Å². The van der Waals surface area contributed by atoms with Crippen LogP contribution in [0.1, 0.15) is 33.2 Å². The molecule has 14 heavy (non-hydrogen) atoms. The molecule has 0 amide bonds. The zero-order valence-electron chi connectivity index (χ0n) is 7.37. The molecule has 0 fully saturated rings. The Kier molecular flexibility index (Phi) is 3.36. The van der Waals surface area contributed by atoms with E-state index >= 15 is 0 Å². The van der Waals surface area contributed by atoms with Crippen LogP contribution in [-0.4, -0.2) is 12.1 Å². The largest absolute Gasteiger partial charge is 0.298 e. The van der Waals surface area contributed by atoms with E-state index in [2.05, 4.69) is 0 Å². The topological polar surface area (TPSA) is 57.9 Å². The first-order valence-corrected chi connectivity index (χ1v) is 4.87. The van der Waals surface area contributed by atoms with Crippen molar-refractivity contribution in [3.63, 3.8) is 0 Å². The molecule has 0 aliphatic carbocycles. The number of Topliss-reactive ketones (excluding diaryl/α,β-unsaturated/α-hetero) is 1. The summed E-state index contributed by atoms with van der Waals surface area (Å²) in [5, 5.41) is 8.72. The second kappa shape index (κ2) is 4.33. The first-order chi connectivity index (χ1) is 6.60. The molecule has 0 saturated heterocycles. The van der Waals surface area contributed by atoms with E-state index in [1.54, 1.807) is 6.07 Å². The Balaban J connectivity index is 3.47. The molecular weight excluding hydrogens is 293 g/mol. The minimum absolute atomic E-state index is 0.108.